The second-order valence-electron chi connectivity index (χ2n) is 4.33. The van der Waals surface area contributed by atoms with E-state index in [0.29, 0.717) is 12.5 Å². The average Bonchev–Trinajstić information content (AvgIpc) is 2.26. The van der Waals surface area contributed by atoms with E-state index in [1.807, 2.05) is 6.07 Å². The molecule has 0 radical (unpaired) electrons. The molecule has 0 aliphatic rings. The largest absolute Gasteiger partial charge is 0.312 e. The molecule has 90 valence electrons. The van der Waals surface area contributed by atoms with E-state index in [4.69, 9.17) is 0 Å². The number of rotatable bonds is 6. The fourth-order valence-electron chi connectivity index (χ4n) is 1.42. The quantitative estimate of drug-likeness (QED) is 0.723. The van der Waals surface area contributed by atoms with E-state index >= 15 is 0 Å². The number of aromatic amines is 1. The molecule has 0 aromatic carbocycles. The van der Waals surface area contributed by atoms with Gasteiger partial charge in [0, 0.05) is 12.1 Å². The standard InChI is InChI=1S/C12H21N3O/c1-4-5-6-13-8-10-7-11(9(2)3)14-15-12(10)16/h7,9,13H,4-6,8H2,1-3H3,(H,15,16). The van der Waals surface area contributed by atoms with Crippen molar-refractivity contribution in [2.45, 2.75) is 46.1 Å². The monoisotopic (exact) mass is 223 g/mol. The smallest absolute Gasteiger partial charge is 0.268 e. The minimum atomic E-state index is -0.0894. The molecule has 0 aliphatic carbocycles. The van der Waals surface area contributed by atoms with Crippen molar-refractivity contribution < 1.29 is 0 Å². The second kappa shape index (κ2) is 6.43. The molecule has 1 rings (SSSR count). The summed E-state index contributed by atoms with van der Waals surface area (Å²) in [6.07, 6.45) is 2.30. The summed E-state index contributed by atoms with van der Waals surface area (Å²) in [5, 5.41) is 9.82. The van der Waals surface area contributed by atoms with Crippen molar-refractivity contribution in [1.82, 2.24) is 15.5 Å². The van der Waals surface area contributed by atoms with Crippen molar-refractivity contribution in [3.05, 3.63) is 27.7 Å². The van der Waals surface area contributed by atoms with Crippen LogP contribution in [-0.4, -0.2) is 16.7 Å². The molecule has 0 fully saturated rings. The zero-order valence-corrected chi connectivity index (χ0v) is 10.3. The number of H-pyrrole nitrogens is 1. The van der Waals surface area contributed by atoms with Gasteiger partial charge in [0.1, 0.15) is 0 Å². The number of hydrogen-bond acceptors (Lipinski definition) is 3. The van der Waals surface area contributed by atoms with Crippen LogP contribution < -0.4 is 10.9 Å². The molecule has 1 heterocycles. The Morgan fingerprint density at radius 3 is 2.88 bits per heavy atom. The van der Waals surface area contributed by atoms with Crippen LogP contribution in [0.15, 0.2) is 10.9 Å². The Bertz CT molecular complexity index is 371. The van der Waals surface area contributed by atoms with Gasteiger partial charge in [0.2, 0.25) is 0 Å². The van der Waals surface area contributed by atoms with Gasteiger partial charge < -0.3 is 5.32 Å². The maximum atomic E-state index is 11.5. The summed E-state index contributed by atoms with van der Waals surface area (Å²) in [6, 6.07) is 1.89. The van der Waals surface area contributed by atoms with E-state index in [0.717, 1.165) is 30.6 Å². The molecule has 0 saturated heterocycles. The van der Waals surface area contributed by atoms with Gasteiger partial charge in [-0.15, -0.1) is 0 Å². The lowest BCUT2D eigenvalue weighted by Gasteiger charge is -2.07. The Morgan fingerprint density at radius 1 is 1.50 bits per heavy atom. The normalized spacial score (nSPS) is 11.0. The van der Waals surface area contributed by atoms with E-state index in [1.165, 1.54) is 0 Å². The molecule has 1 aromatic rings. The minimum Gasteiger partial charge on any atom is -0.312 e. The molecule has 1 aromatic heterocycles. The highest BCUT2D eigenvalue weighted by molar-refractivity contribution is 5.15. The van der Waals surface area contributed by atoms with Crippen LogP contribution in [0.1, 0.15) is 50.8 Å². The predicted molar refractivity (Wildman–Crippen MR) is 65.6 cm³/mol. The van der Waals surface area contributed by atoms with Gasteiger partial charge in [-0.2, -0.15) is 5.10 Å². The van der Waals surface area contributed by atoms with E-state index in [9.17, 15) is 4.79 Å². The zero-order chi connectivity index (χ0) is 12.0. The second-order valence-corrected chi connectivity index (χ2v) is 4.33. The van der Waals surface area contributed by atoms with Gasteiger partial charge in [0.05, 0.1) is 5.69 Å². The number of nitrogens with one attached hydrogen (secondary N) is 2. The summed E-state index contributed by atoms with van der Waals surface area (Å²) in [5.74, 6) is 0.339. The fourth-order valence-corrected chi connectivity index (χ4v) is 1.42. The van der Waals surface area contributed by atoms with Crippen LogP contribution in [-0.2, 0) is 6.54 Å². The van der Waals surface area contributed by atoms with Crippen molar-refractivity contribution in [2.75, 3.05) is 6.54 Å². The van der Waals surface area contributed by atoms with E-state index in [2.05, 4.69) is 36.3 Å². The Kier molecular flexibility index (Phi) is 5.19. The molecule has 4 nitrogen and oxygen atoms in total. The van der Waals surface area contributed by atoms with Crippen molar-refractivity contribution in [3.63, 3.8) is 0 Å². The fraction of sp³-hybridized carbons (Fsp3) is 0.667. The maximum absolute atomic E-state index is 11.5. The van der Waals surface area contributed by atoms with Crippen LogP contribution in [0.5, 0.6) is 0 Å². The van der Waals surface area contributed by atoms with Crippen LogP contribution in [0.4, 0.5) is 0 Å². The van der Waals surface area contributed by atoms with Crippen molar-refractivity contribution >= 4 is 0 Å². The Morgan fingerprint density at radius 2 is 2.25 bits per heavy atom. The first-order valence-corrected chi connectivity index (χ1v) is 5.94. The molecule has 4 heteroatoms. The predicted octanol–water partition coefficient (Wildman–Crippen LogP) is 1.78. The topological polar surface area (TPSA) is 57.8 Å². The molecule has 0 unspecified atom stereocenters. The van der Waals surface area contributed by atoms with E-state index in [-0.39, 0.29) is 5.56 Å². The van der Waals surface area contributed by atoms with Crippen molar-refractivity contribution in [1.29, 1.82) is 0 Å². The molecule has 0 aliphatic heterocycles. The van der Waals surface area contributed by atoms with E-state index in [1.54, 1.807) is 0 Å². The third-order valence-electron chi connectivity index (χ3n) is 2.51. The third kappa shape index (κ3) is 3.77. The van der Waals surface area contributed by atoms with Gasteiger partial charge in [-0.3, -0.25) is 4.79 Å². The van der Waals surface area contributed by atoms with Gasteiger partial charge in [0.15, 0.2) is 0 Å². The summed E-state index contributed by atoms with van der Waals surface area (Å²) in [7, 11) is 0. The first-order valence-electron chi connectivity index (χ1n) is 5.94. The first-order chi connectivity index (χ1) is 7.65. The SMILES string of the molecule is CCCCNCc1cc(C(C)C)n[nH]c1=O. The maximum Gasteiger partial charge on any atom is 0.268 e. The average molecular weight is 223 g/mol. The number of aromatic nitrogens is 2. The molecular weight excluding hydrogens is 202 g/mol. The lowest BCUT2D eigenvalue weighted by atomic mass is 10.1. The lowest BCUT2D eigenvalue weighted by Crippen LogP contribution is -2.23. The number of nitrogens with zero attached hydrogens (tertiary/aromatic N) is 1. The number of hydrogen-bond donors (Lipinski definition) is 2. The molecule has 16 heavy (non-hydrogen) atoms. The zero-order valence-electron chi connectivity index (χ0n) is 10.3. The first kappa shape index (κ1) is 12.9. The van der Waals surface area contributed by atoms with Crippen molar-refractivity contribution in [3.8, 4) is 0 Å². The highest BCUT2D eigenvalue weighted by Crippen LogP contribution is 2.09. The Balaban J connectivity index is 2.63. The van der Waals surface area contributed by atoms with Crippen LogP contribution in [0.2, 0.25) is 0 Å². The van der Waals surface area contributed by atoms with Crippen LogP contribution in [0.3, 0.4) is 0 Å². The van der Waals surface area contributed by atoms with Crippen LogP contribution >= 0.6 is 0 Å². The molecule has 0 spiro atoms. The molecule has 2 N–H and O–H groups in total. The Labute approximate surface area is 96.5 Å². The van der Waals surface area contributed by atoms with Gasteiger partial charge in [-0.05, 0) is 24.9 Å². The van der Waals surface area contributed by atoms with Gasteiger partial charge in [-0.25, -0.2) is 5.10 Å². The minimum absolute atomic E-state index is 0.0894. The molecular formula is C12H21N3O. The summed E-state index contributed by atoms with van der Waals surface area (Å²) < 4.78 is 0. The summed E-state index contributed by atoms with van der Waals surface area (Å²) in [5.41, 5.74) is 1.62. The summed E-state index contributed by atoms with van der Waals surface area (Å²) >= 11 is 0. The highest BCUT2D eigenvalue weighted by atomic mass is 16.1. The Hall–Kier alpha value is -1.16. The van der Waals surface area contributed by atoms with Gasteiger partial charge >= 0.3 is 0 Å². The molecule has 0 saturated carbocycles. The third-order valence-corrected chi connectivity index (χ3v) is 2.51. The van der Waals surface area contributed by atoms with Crippen molar-refractivity contribution in [2.24, 2.45) is 0 Å². The lowest BCUT2D eigenvalue weighted by molar-refractivity contribution is 0.633. The summed E-state index contributed by atoms with van der Waals surface area (Å²) in [4.78, 5) is 11.5. The molecule has 0 bridgehead atoms. The summed E-state index contributed by atoms with van der Waals surface area (Å²) in [6.45, 7) is 7.86. The highest BCUT2D eigenvalue weighted by Gasteiger charge is 2.05. The molecule has 0 amide bonds. The van der Waals surface area contributed by atoms with Crippen LogP contribution in [0, 0.1) is 0 Å². The van der Waals surface area contributed by atoms with Crippen LogP contribution in [0.25, 0.3) is 0 Å². The number of unbranched alkanes of at least 4 members (excludes halogenated alkanes) is 1. The molecule has 0 atom stereocenters. The van der Waals surface area contributed by atoms with Gasteiger partial charge in [0.25, 0.3) is 5.56 Å². The van der Waals surface area contributed by atoms with Gasteiger partial charge in [-0.1, -0.05) is 27.2 Å². The van der Waals surface area contributed by atoms with E-state index < -0.39 is 0 Å².